The van der Waals surface area contributed by atoms with Gasteiger partial charge >= 0.3 is 0 Å². The highest BCUT2D eigenvalue weighted by molar-refractivity contribution is 5.90. The Morgan fingerprint density at radius 2 is 1.73 bits per heavy atom. The SMILES string of the molecule is CC(C)c1ccc([C@H]2C(C#N)=C(N)Oc3ccc4ccccc4c32)cc1. The van der Waals surface area contributed by atoms with Gasteiger partial charge in [0.2, 0.25) is 5.88 Å². The maximum Gasteiger partial charge on any atom is 0.205 e. The number of benzene rings is 3. The molecule has 0 saturated carbocycles. The van der Waals surface area contributed by atoms with Crippen molar-refractivity contribution in [2.45, 2.75) is 25.7 Å². The maximum absolute atomic E-state index is 9.77. The molecule has 26 heavy (non-hydrogen) atoms. The highest BCUT2D eigenvalue weighted by Gasteiger charge is 2.32. The van der Waals surface area contributed by atoms with Gasteiger partial charge in [-0.1, -0.05) is 68.4 Å². The van der Waals surface area contributed by atoms with Gasteiger partial charge in [0.15, 0.2) is 0 Å². The minimum atomic E-state index is -0.226. The summed E-state index contributed by atoms with van der Waals surface area (Å²) in [5, 5.41) is 12.0. The predicted molar refractivity (Wildman–Crippen MR) is 104 cm³/mol. The van der Waals surface area contributed by atoms with Crippen molar-refractivity contribution in [2.24, 2.45) is 5.73 Å². The molecule has 1 heterocycles. The number of nitriles is 1. The van der Waals surface area contributed by atoms with Gasteiger partial charge in [0.25, 0.3) is 0 Å². The van der Waals surface area contributed by atoms with Gasteiger partial charge in [-0.25, -0.2) is 0 Å². The molecule has 0 unspecified atom stereocenters. The van der Waals surface area contributed by atoms with E-state index in [1.54, 1.807) is 0 Å². The number of hydrogen-bond acceptors (Lipinski definition) is 3. The molecule has 1 aliphatic rings. The first kappa shape index (κ1) is 16.2. The van der Waals surface area contributed by atoms with Crippen molar-refractivity contribution in [3.63, 3.8) is 0 Å². The van der Waals surface area contributed by atoms with E-state index in [0.717, 1.165) is 27.6 Å². The summed E-state index contributed by atoms with van der Waals surface area (Å²) in [6, 6.07) is 22.9. The molecular formula is C23H20N2O. The van der Waals surface area contributed by atoms with Crippen molar-refractivity contribution in [3.05, 3.63) is 88.8 Å². The van der Waals surface area contributed by atoms with Crippen molar-refractivity contribution in [2.75, 3.05) is 0 Å². The summed E-state index contributed by atoms with van der Waals surface area (Å²) >= 11 is 0. The van der Waals surface area contributed by atoms with Crippen LogP contribution in [0.1, 0.15) is 42.4 Å². The van der Waals surface area contributed by atoms with Crippen LogP contribution < -0.4 is 10.5 Å². The van der Waals surface area contributed by atoms with Crippen LogP contribution in [0.25, 0.3) is 10.8 Å². The Bertz CT molecular complexity index is 1060. The highest BCUT2D eigenvalue weighted by atomic mass is 16.5. The molecule has 0 amide bonds. The zero-order valence-corrected chi connectivity index (χ0v) is 14.9. The number of hydrogen-bond donors (Lipinski definition) is 1. The molecule has 0 saturated heterocycles. The normalized spacial score (nSPS) is 16.3. The number of fused-ring (bicyclic) bond motifs is 3. The third kappa shape index (κ3) is 2.51. The van der Waals surface area contributed by atoms with Crippen LogP contribution in [0, 0.1) is 11.3 Å². The predicted octanol–water partition coefficient (Wildman–Crippen LogP) is 5.18. The number of nitrogens with zero attached hydrogens (tertiary/aromatic N) is 1. The molecule has 128 valence electrons. The Morgan fingerprint density at radius 3 is 2.42 bits per heavy atom. The third-order valence-corrected chi connectivity index (χ3v) is 5.05. The molecule has 2 N–H and O–H groups in total. The standard InChI is InChI=1S/C23H20N2O/c1-14(2)15-7-9-17(10-8-15)21-19(13-24)23(25)26-20-12-11-16-5-3-4-6-18(16)22(20)21/h3-12,14,21H,25H2,1-2H3/t21-/m0/s1. The van der Waals surface area contributed by atoms with Crippen molar-refractivity contribution >= 4 is 10.8 Å². The lowest BCUT2D eigenvalue weighted by atomic mass is 9.80. The monoisotopic (exact) mass is 340 g/mol. The van der Waals surface area contributed by atoms with E-state index in [4.69, 9.17) is 10.5 Å². The fourth-order valence-electron chi connectivity index (χ4n) is 3.65. The van der Waals surface area contributed by atoms with E-state index in [0.29, 0.717) is 11.5 Å². The average molecular weight is 340 g/mol. The van der Waals surface area contributed by atoms with Gasteiger partial charge in [-0.05, 0) is 33.9 Å². The van der Waals surface area contributed by atoms with E-state index >= 15 is 0 Å². The summed E-state index contributed by atoms with van der Waals surface area (Å²) in [4.78, 5) is 0. The first-order chi connectivity index (χ1) is 12.6. The summed E-state index contributed by atoms with van der Waals surface area (Å²) in [5.74, 6) is 1.14. The van der Waals surface area contributed by atoms with Crippen LogP contribution in [0.5, 0.6) is 5.75 Å². The molecule has 0 radical (unpaired) electrons. The molecule has 4 rings (SSSR count). The van der Waals surface area contributed by atoms with Gasteiger partial charge in [0.1, 0.15) is 17.4 Å². The summed E-state index contributed by atoms with van der Waals surface area (Å²) in [6.45, 7) is 4.34. The van der Waals surface area contributed by atoms with E-state index in [9.17, 15) is 5.26 Å². The zero-order chi connectivity index (χ0) is 18.3. The van der Waals surface area contributed by atoms with Crippen molar-refractivity contribution in [1.82, 2.24) is 0 Å². The molecule has 3 aromatic carbocycles. The smallest absolute Gasteiger partial charge is 0.205 e. The van der Waals surface area contributed by atoms with Gasteiger partial charge in [0, 0.05) is 5.56 Å². The topological polar surface area (TPSA) is 59.0 Å². The Morgan fingerprint density at radius 1 is 1.00 bits per heavy atom. The van der Waals surface area contributed by atoms with Crippen LogP contribution in [0.15, 0.2) is 72.1 Å². The number of allylic oxidation sites excluding steroid dienone is 1. The van der Waals surface area contributed by atoms with Crippen molar-refractivity contribution in [3.8, 4) is 11.8 Å². The van der Waals surface area contributed by atoms with E-state index in [1.807, 2.05) is 24.3 Å². The summed E-state index contributed by atoms with van der Waals surface area (Å²) in [5.41, 5.74) is 9.88. The molecule has 0 aromatic heterocycles. The summed E-state index contributed by atoms with van der Waals surface area (Å²) in [7, 11) is 0. The molecule has 0 fully saturated rings. The van der Waals surface area contributed by atoms with Crippen LogP contribution in [0.4, 0.5) is 0 Å². The Kier molecular flexibility index (Phi) is 3.89. The molecule has 3 nitrogen and oxygen atoms in total. The Hall–Kier alpha value is -3.25. The molecule has 0 spiro atoms. The quantitative estimate of drug-likeness (QED) is 0.699. The fourth-order valence-corrected chi connectivity index (χ4v) is 3.65. The van der Waals surface area contributed by atoms with E-state index in [1.165, 1.54) is 5.56 Å². The number of ether oxygens (including phenoxy) is 1. The lowest BCUT2D eigenvalue weighted by Crippen LogP contribution is -2.21. The molecular weight excluding hydrogens is 320 g/mol. The second-order valence-corrected chi connectivity index (χ2v) is 6.94. The molecule has 0 aliphatic carbocycles. The first-order valence-corrected chi connectivity index (χ1v) is 8.79. The maximum atomic E-state index is 9.77. The van der Waals surface area contributed by atoms with Crippen LogP contribution in [-0.4, -0.2) is 0 Å². The largest absolute Gasteiger partial charge is 0.440 e. The molecule has 1 aliphatic heterocycles. The molecule has 3 heteroatoms. The Balaban J connectivity index is 1.98. The fraction of sp³-hybridized carbons (Fsp3) is 0.174. The third-order valence-electron chi connectivity index (χ3n) is 5.05. The van der Waals surface area contributed by atoms with Gasteiger partial charge in [-0.15, -0.1) is 0 Å². The van der Waals surface area contributed by atoms with Crippen LogP contribution in [0.3, 0.4) is 0 Å². The van der Waals surface area contributed by atoms with Crippen molar-refractivity contribution in [1.29, 1.82) is 5.26 Å². The average Bonchev–Trinajstić information content (AvgIpc) is 2.66. The van der Waals surface area contributed by atoms with Gasteiger partial charge in [-0.3, -0.25) is 0 Å². The number of rotatable bonds is 2. The van der Waals surface area contributed by atoms with E-state index < -0.39 is 0 Å². The van der Waals surface area contributed by atoms with E-state index in [2.05, 4.69) is 56.3 Å². The van der Waals surface area contributed by atoms with Crippen LogP contribution >= 0.6 is 0 Å². The van der Waals surface area contributed by atoms with Gasteiger partial charge in [-0.2, -0.15) is 5.26 Å². The minimum absolute atomic E-state index is 0.188. The molecule has 3 aromatic rings. The lowest BCUT2D eigenvalue weighted by molar-refractivity contribution is 0.395. The van der Waals surface area contributed by atoms with E-state index in [-0.39, 0.29) is 11.8 Å². The van der Waals surface area contributed by atoms with Crippen LogP contribution in [-0.2, 0) is 0 Å². The first-order valence-electron chi connectivity index (χ1n) is 8.79. The second-order valence-electron chi connectivity index (χ2n) is 6.94. The summed E-state index contributed by atoms with van der Waals surface area (Å²) in [6.07, 6.45) is 0. The van der Waals surface area contributed by atoms with Crippen LogP contribution in [0.2, 0.25) is 0 Å². The van der Waals surface area contributed by atoms with Crippen molar-refractivity contribution < 1.29 is 4.74 Å². The number of nitrogens with two attached hydrogens (primary N) is 1. The van der Waals surface area contributed by atoms with Gasteiger partial charge in [0.05, 0.1) is 5.92 Å². The Labute approximate surface area is 153 Å². The lowest BCUT2D eigenvalue weighted by Gasteiger charge is -2.28. The molecule has 1 atom stereocenters. The zero-order valence-electron chi connectivity index (χ0n) is 14.9. The minimum Gasteiger partial charge on any atom is -0.440 e. The second kappa shape index (κ2) is 6.24. The highest BCUT2D eigenvalue weighted by Crippen LogP contribution is 2.45. The summed E-state index contributed by atoms with van der Waals surface area (Å²) < 4.78 is 5.79. The van der Waals surface area contributed by atoms with Gasteiger partial charge < -0.3 is 10.5 Å². The molecule has 0 bridgehead atoms.